The largest absolute Gasteiger partial charge is 0.454 e. The summed E-state index contributed by atoms with van der Waals surface area (Å²) in [5.41, 5.74) is 5.01. The van der Waals surface area contributed by atoms with Crippen molar-refractivity contribution in [1.82, 2.24) is 0 Å². The van der Waals surface area contributed by atoms with E-state index in [0.717, 1.165) is 0 Å². The molecule has 1 aromatic rings. The van der Waals surface area contributed by atoms with Gasteiger partial charge in [-0.3, -0.25) is 0 Å². The van der Waals surface area contributed by atoms with Gasteiger partial charge in [-0.15, -0.1) is 0 Å². The molecule has 0 aliphatic rings. The third kappa shape index (κ3) is 4.04. The molecular weight excluding hydrogens is 242 g/mol. The minimum absolute atomic E-state index is 0.193. The van der Waals surface area contributed by atoms with Gasteiger partial charge in [0.2, 0.25) is 0 Å². The monoisotopic (exact) mass is 255 g/mol. The smallest absolute Gasteiger partial charge is 0.409 e. The van der Waals surface area contributed by atoms with Gasteiger partial charge < -0.3 is 25.4 Å². The predicted molar refractivity (Wildman–Crippen MR) is 60.0 cm³/mol. The van der Waals surface area contributed by atoms with Crippen LogP contribution in [0.2, 0.25) is 0 Å². The lowest BCUT2D eigenvalue weighted by atomic mass is 10.2. The molecule has 0 spiro atoms. The summed E-state index contributed by atoms with van der Waals surface area (Å²) in [5.74, 6) is -0.506. The SMILES string of the molecule is NC(=O)Oc1ccc(C(=O)OC(CO)CO)cc1. The van der Waals surface area contributed by atoms with Crippen LogP contribution >= 0.6 is 0 Å². The van der Waals surface area contributed by atoms with E-state index in [0.29, 0.717) is 0 Å². The zero-order valence-corrected chi connectivity index (χ0v) is 9.41. The summed E-state index contributed by atoms with van der Waals surface area (Å²) in [5, 5.41) is 17.5. The summed E-state index contributed by atoms with van der Waals surface area (Å²) >= 11 is 0. The second-order valence-electron chi connectivity index (χ2n) is 3.34. The first-order valence-electron chi connectivity index (χ1n) is 5.07. The van der Waals surface area contributed by atoms with Crippen LogP contribution in [-0.2, 0) is 4.74 Å². The highest BCUT2D eigenvalue weighted by atomic mass is 16.6. The molecule has 18 heavy (non-hydrogen) atoms. The van der Waals surface area contributed by atoms with Crippen LogP contribution in [0.25, 0.3) is 0 Å². The Balaban J connectivity index is 2.67. The summed E-state index contributed by atoms with van der Waals surface area (Å²) in [6, 6.07) is 5.47. The number of benzene rings is 1. The van der Waals surface area contributed by atoms with Crippen LogP contribution in [0.3, 0.4) is 0 Å². The topological polar surface area (TPSA) is 119 Å². The standard InChI is InChI=1S/C11H13NO6/c12-11(16)18-8-3-1-7(2-4-8)10(15)17-9(5-13)6-14/h1-4,9,13-14H,5-6H2,(H2,12,16). The van der Waals surface area contributed by atoms with Crippen molar-refractivity contribution in [3.63, 3.8) is 0 Å². The van der Waals surface area contributed by atoms with Crippen molar-refractivity contribution < 1.29 is 29.3 Å². The number of hydrogen-bond acceptors (Lipinski definition) is 6. The number of rotatable bonds is 5. The third-order valence-electron chi connectivity index (χ3n) is 1.99. The Labute approximate surface area is 103 Å². The van der Waals surface area contributed by atoms with Crippen LogP contribution in [0, 0.1) is 0 Å². The maximum Gasteiger partial charge on any atom is 0.409 e. The Morgan fingerprint density at radius 3 is 2.17 bits per heavy atom. The van der Waals surface area contributed by atoms with Gasteiger partial charge in [-0.2, -0.15) is 0 Å². The minimum Gasteiger partial charge on any atom is -0.454 e. The minimum atomic E-state index is -0.959. The van der Waals surface area contributed by atoms with E-state index in [-0.39, 0.29) is 11.3 Å². The van der Waals surface area contributed by atoms with Crippen LogP contribution in [-0.4, -0.2) is 41.6 Å². The average Bonchev–Trinajstić information content (AvgIpc) is 2.35. The molecule has 0 bridgehead atoms. The van der Waals surface area contributed by atoms with Gasteiger partial charge in [-0.1, -0.05) is 0 Å². The summed E-state index contributed by atoms with van der Waals surface area (Å²) in [6.45, 7) is -0.934. The molecule has 4 N–H and O–H groups in total. The maximum atomic E-state index is 11.5. The molecule has 98 valence electrons. The lowest BCUT2D eigenvalue weighted by Gasteiger charge is -2.12. The number of esters is 1. The predicted octanol–water partition coefficient (Wildman–Crippen LogP) is -0.346. The quantitative estimate of drug-likeness (QED) is 0.619. The van der Waals surface area contributed by atoms with Gasteiger partial charge in [0.1, 0.15) is 11.9 Å². The highest BCUT2D eigenvalue weighted by Crippen LogP contribution is 2.13. The van der Waals surface area contributed by atoms with Crippen LogP contribution in [0.15, 0.2) is 24.3 Å². The van der Waals surface area contributed by atoms with Crippen molar-refractivity contribution >= 4 is 12.1 Å². The fourth-order valence-corrected chi connectivity index (χ4v) is 1.13. The number of carbonyl (C=O) groups excluding carboxylic acids is 2. The molecule has 0 fully saturated rings. The summed E-state index contributed by atoms with van der Waals surface area (Å²) in [7, 11) is 0. The first-order valence-corrected chi connectivity index (χ1v) is 5.07. The van der Waals surface area contributed by atoms with Gasteiger partial charge in [0.05, 0.1) is 18.8 Å². The first-order chi connectivity index (χ1) is 8.56. The molecule has 1 rings (SSSR count). The molecule has 0 aromatic heterocycles. The Kier molecular flexibility index (Phi) is 5.09. The van der Waals surface area contributed by atoms with Gasteiger partial charge in [0.25, 0.3) is 0 Å². The fourth-order valence-electron chi connectivity index (χ4n) is 1.13. The van der Waals surface area contributed by atoms with Crippen LogP contribution < -0.4 is 10.5 Å². The second-order valence-corrected chi connectivity index (χ2v) is 3.34. The van der Waals surface area contributed by atoms with Crippen molar-refractivity contribution in [3.8, 4) is 5.75 Å². The molecule has 0 unspecified atom stereocenters. The number of aliphatic hydroxyl groups excluding tert-OH is 2. The Morgan fingerprint density at radius 2 is 1.72 bits per heavy atom. The molecule has 7 nitrogen and oxygen atoms in total. The molecule has 1 aromatic carbocycles. The van der Waals surface area contributed by atoms with E-state index in [2.05, 4.69) is 4.74 Å². The Morgan fingerprint density at radius 1 is 1.17 bits per heavy atom. The maximum absolute atomic E-state index is 11.5. The Hall–Kier alpha value is -2.12. The van der Waals surface area contributed by atoms with E-state index in [1.807, 2.05) is 0 Å². The van der Waals surface area contributed by atoms with Gasteiger partial charge in [-0.05, 0) is 24.3 Å². The van der Waals surface area contributed by atoms with Crippen molar-refractivity contribution in [2.45, 2.75) is 6.10 Å². The van der Waals surface area contributed by atoms with E-state index < -0.39 is 31.4 Å². The molecule has 0 saturated carbocycles. The van der Waals surface area contributed by atoms with Crippen molar-refractivity contribution in [3.05, 3.63) is 29.8 Å². The average molecular weight is 255 g/mol. The normalized spacial score (nSPS) is 10.2. The molecule has 7 heteroatoms. The fraction of sp³-hybridized carbons (Fsp3) is 0.273. The highest BCUT2D eigenvalue weighted by molar-refractivity contribution is 5.89. The number of hydrogen-bond donors (Lipinski definition) is 3. The number of aliphatic hydroxyl groups is 2. The van der Waals surface area contributed by atoms with Crippen molar-refractivity contribution in [1.29, 1.82) is 0 Å². The zero-order valence-electron chi connectivity index (χ0n) is 9.41. The molecule has 0 radical (unpaired) electrons. The lowest BCUT2D eigenvalue weighted by Crippen LogP contribution is -2.25. The molecular formula is C11H13NO6. The van der Waals surface area contributed by atoms with Gasteiger partial charge >= 0.3 is 12.1 Å². The van der Waals surface area contributed by atoms with Crippen LogP contribution in [0.1, 0.15) is 10.4 Å². The van der Waals surface area contributed by atoms with Crippen LogP contribution in [0.4, 0.5) is 4.79 Å². The number of amides is 1. The molecule has 1 amide bonds. The number of ether oxygens (including phenoxy) is 2. The van der Waals surface area contributed by atoms with Gasteiger partial charge in [0.15, 0.2) is 0 Å². The number of nitrogens with two attached hydrogens (primary N) is 1. The van der Waals surface area contributed by atoms with Crippen molar-refractivity contribution in [2.75, 3.05) is 13.2 Å². The molecule has 0 heterocycles. The number of carbonyl (C=O) groups is 2. The van der Waals surface area contributed by atoms with E-state index in [1.54, 1.807) is 0 Å². The van der Waals surface area contributed by atoms with E-state index >= 15 is 0 Å². The summed E-state index contributed by atoms with van der Waals surface area (Å²) in [4.78, 5) is 22.0. The number of primary amides is 1. The molecule has 0 saturated heterocycles. The van der Waals surface area contributed by atoms with E-state index in [9.17, 15) is 9.59 Å². The van der Waals surface area contributed by atoms with Gasteiger partial charge in [0, 0.05) is 0 Å². The third-order valence-corrected chi connectivity index (χ3v) is 1.99. The first kappa shape index (κ1) is 13.9. The lowest BCUT2D eigenvalue weighted by molar-refractivity contribution is -0.00544. The summed E-state index contributed by atoms with van der Waals surface area (Å²) in [6.07, 6.45) is -1.91. The van der Waals surface area contributed by atoms with Gasteiger partial charge in [-0.25, -0.2) is 9.59 Å². The Bertz CT molecular complexity index is 412. The zero-order chi connectivity index (χ0) is 13.5. The van der Waals surface area contributed by atoms with E-state index in [1.165, 1.54) is 24.3 Å². The van der Waals surface area contributed by atoms with E-state index in [4.69, 9.17) is 20.7 Å². The highest BCUT2D eigenvalue weighted by Gasteiger charge is 2.14. The van der Waals surface area contributed by atoms with Crippen LogP contribution in [0.5, 0.6) is 5.75 Å². The van der Waals surface area contributed by atoms with Crippen molar-refractivity contribution in [2.24, 2.45) is 5.73 Å². The molecule has 0 aliphatic carbocycles. The molecule has 0 atom stereocenters. The second kappa shape index (κ2) is 6.58. The molecule has 0 aliphatic heterocycles. The summed E-state index contributed by atoms with van der Waals surface area (Å²) < 4.78 is 9.36.